The van der Waals surface area contributed by atoms with Crippen molar-refractivity contribution in [3.05, 3.63) is 17.8 Å². The molecule has 0 saturated carbocycles. The average molecular weight is 164 g/mol. The number of hydrogen-bond donors (Lipinski definition) is 1. The largest absolute Gasteiger partial charge is 0.384 e. The molecule has 0 aliphatic heterocycles. The lowest BCUT2D eigenvalue weighted by molar-refractivity contribution is 1.07. The summed E-state index contributed by atoms with van der Waals surface area (Å²) in [5, 5.41) is 7.64. The summed E-state index contributed by atoms with van der Waals surface area (Å²) < 4.78 is 0. The number of aromatic nitrogens is 1. The quantitative estimate of drug-likeness (QED) is 0.679. The molecule has 0 radical (unpaired) electrons. The van der Waals surface area contributed by atoms with E-state index in [2.05, 4.69) is 15.2 Å². The van der Waals surface area contributed by atoms with Gasteiger partial charge in [-0.2, -0.15) is 10.2 Å². The van der Waals surface area contributed by atoms with E-state index < -0.39 is 0 Å². The van der Waals surface area contributed by atoms with Crippen LogP contribution in [-0.4, -0.2) is 12.0 Å². The molecule has 1 aromatic heterocycles. The van der Waals surface area contributed by atoms with Crippen LogP contribution in [0.4, 0.5) is 11.5 Å². The summed E-state index contributed by atoms with van der Waals surface area (Å²) in [7, 11) is 1.63. The first kappa shape index (κ1) is 8.64. The first-order valence-corrected chi connectivity index (χ1v) is 3.82. The highest BCUT2D eigenvalue weighted by Crippen LogP contribution is 2.20. The van der Waals surface area contributed by atoms with E-state index in [-0.39, 0.29) is 0 Å². The van der Waals surface area contributed by atoms with Crippen molar-refractivity contribution in [2.75, 3.05) is 12.8 Å². The van der Waals surface area contributed by atoms with Crippen molar-refractivity contribution in [1.29, 1.82) is 0 Å². The van der Waals surface area contributed by atoms with Crippen molar-refractivity contribution < 1.29 is 0 Å². The van der Waals surface area contributed by atoms with Crippen molar-refractivity contribution in [2.24, 2.45) is 10.2 Å². The molecular weight excluding hydrogens is 152 g/mol. The third-order valence-electron chi connectivity index (χ3n) is 1.57. The van der Waals surface area contributed by atoms with Crippen molar-refractivity contribution in [1.82, 2.24) is 4.98 Å². The fourth-order valence-electron chi connectivity index (χ4n) is 0.962. The number of azo groups is 1. The van der Waals surface area contributed by atoms with E-state index in [1.54, 1.807) is 19.3 Å². The van der Waals surface area contributed by atoms with E-state index in [4.69, 9.17) is 5.73 Å². The van der Waals surface area contributed by atoms with Gasteiger partial charge >= 0.3 is 0 Å². The van der Waals surface area contributed by atoms with Crippen molar-refractivity contribution in [2.45, 2.75) is 13.3 Å². The summed E-state index contributed by atoms with van der Waals surface area (Å²) in [5.41, 5.74) is 7.38. The highest BCUT2D eigenvalue weighted by atomic mass is 15.1. The molecule has 4 nitrogen and oxygen atoms in total. The van der Waals surface area contributed by atoms with Gasteiger partial charge in [0.25, 0.3) is 0 Å². The second kappa shape index (κ2) is 3.80. The molecule has 0 fully saturated rings. The molecule has 0 aliphatic rings. The van der Waals surface area contributed by atoms with E-state index in [1.807, 2.05) is 6.92 Å². The fourth-order valence-corrected chi connectivity index (χ4v) is 0.962. The zero-order valence-electron chi connectivity index (χ0n) is 7.28. The van der Waals surface area contributed by atoms with E-state index in [1.165, 1.54) is 0 Å². The van der Waals surface area contributed by atoms with Crippen LogP contribution in [0, 0.1) is 0 Å². The third kappa shape index (κ3) is 1.78. The Labute approximate surface area is 71.5 Å². The third-order valence-corrected chi connectivity index (χ3v) is 1.57. The Balaban J connectivity index is 3.12. The van der Waals surface area contributed by atoms with Gasteiger partial charge in [-0.3, -0.25) is 0 Å². The maximum absolute atomic E-state index is 5.50. The molecule has 2 N–H and O–H groups in total. The van der Waals surface area contributed by atoms with Crippen LogP contribution in [0.5, 0.6) is 0 Å². The molecule has 0 aliphatic carbocycles. The van der Waals surface area contributed by atoms with Gasteiger partial charge in [-0.1, -0.05) is 6.92 Å². The molecule has 64 valence electrons. The number of aryl methyl sites for hydroxylation is 1. The second-order valence-electron chi connectivity index (χ2n) is 2.39. The molecule has 12 heavy (non-hydrogen) atoms. The molecule has 0 aromatic carbocycles. The zero-order valence-corrected chi connectivity index (χ0v) is 7.28. The normalized spacial score (nSPS) is 10.8. The zero-order chi connectivity index (χ0) is 8.97. The van der Waals surface area contributed by atoms with Crippen LogP contribution in [0.2, 0.25) is 0 Å². The van der Waals surface area contributed by atoms with Crippen LogP contribution in [-0.2, 0) is 6.42 Å². The molecule has 4 heteroatoms. The highest BCUT2D eigenvalue weighted by Gasteiger charge is 1.99. The molecule has 1 aromatic rings. The van der Waals surface area contributed by atoms with E-state index in [0.717, 1.165) is 17.7 Å². The summed E-state index contributed by atoms with van der Waals surface area (Å²) in [6.45, 7) is 2.04. The molecule has 1 rings (SSSR count). The Morgan fingerprint density at radius 3 is 2.92 bits per heavy atom. The molecule has 0 saturated heterocycles. The summed E-state index contributed by atoms with van der Waals surface area (Å²) in [4.78, 5) is 3.97. The van der Waals surface area contributed by atoms with E-state index >= 15 is 0 Å². The monoisotopic (exact) mass is 164 g/mol. The van der Waals surface area contributed by atoms with Gasteiger partial charge in [0.05, 0.1) is 5.69 Å². The van der Waals surface area contributed by atoms with Crippen LogP contribution < -0.4 is 5.73 Å². The number of nitrogen functional groups attached to an aromatic ring is 1. The van der Waals surface area contributed by atoms with Gasteiger partial charge in [-0.25, -0.2) is 4.98 Å². The number of rotatable bonds is 2. The summed E-state index contributed by atoms with van der Waals surface area (Å²) >= 11 is 0. The minimum Gasteiger partial charge on any atom is -0.384 e. The molecule has 0 spiro atoms. The maximum atomic E-state index is 5.50. The molecule has 0 amide bonds. The Morgan fingerprint density at radius 1 is 1.58 bits per heavy atom. The van der Waals surface area contributed by atoms with Gasteiger partial charge < -0.3 is 5.73 Å². The predicted molar refractivity (Wildman–Crippen MR) is 48.5 cm³/mol. The summed E-state index contributed by atoms with van der Waals surface area (Å²) in [6, 6.07) is 1.73. The second-order valence-corrected chi connectivity index (χ2v) is 2.39. The molecule has 0 unspecified atom stereocenters. The van der Waals surface area contributed by atoms with Crippen molar-refractivity contribution in [3.8, 4) is 0 Å². The fraction of sp³-hybridized carbons (Fsp3) is 0.375. The summed E-state index contributed by atoms with van der Waals surface area (Å²) in [5.74, 6) is 0.481. The minimum absolute atomic E-state index is 0.481. The SMILES string of the molecule is CCc1cnc(N)cc1/N=N\C. The van der Waals surface area contributed by atoms with Crippen molar-refractivity contribution >= 4 is 11.5 Å². The minimum atomic E-state index is 0.481. The number of nitrogens with zero attached hydrogens (tertiary/aromatic N) is 3. The number of anilines is 1. The van der Waals surface area contributed by atoms with Gasteiger partial charge in [0.2, 0.25) is 0 Å². The van der Waals surface area contributed by atoms with Gasteiger partial charge in [0.1, 0.15) is 5.82 Å². The van der Waals surface area contributed by atoms with E-state index in [9.17, 15) is 0 Å². The Kier molecular flexibility index (Phi) is 2.74. The molecule has 1 heterocycles. The molecular formula is C8H12N4. The smallest absolute Gasteiger partial charge is 0.125 e. The number of pyridine rings is 1. The Morgan fingerprint density at radius 2 is 2.33 bits per heavy atom. The van der Waals surface area contributed by atoms with Crippen LogP contribution in [0.15, 0.2) is 22.5 Å². The highest BCUT2D eigenvalue weighted by molar-refractivity contribution is 5.51. The summed E-state index contributed by atoms with van der Waals surface area (Å²) in [6.07, 6.45) is 2.63. The van der Waals surface area contributed by atoms with Gasteiger partial charge in [0, 0.05) is 19.3 Å². The van der Waals surface area contributed by atoms with Crippen LogP contribution in [0.1, 0.15) is 12.5 Å². The lowest BCUT2D eigenvalue weighted by atomic mass is 10.2. The lowest BCUT2D eigenvalue weighted by Gasteiger charge is -2.00. The van der Waals surface area contributed by atoms with Gasteiger partial charge in [0.15, 0.2) is 0 Å². The number of nitrogens with two attached hydrogens (primary N) is 1. The van der Waals surface area contributed by atoms with Gasteiger partial charge in [-0.05, 0) is 12.0 Å². The first-order chi connectivity index (χ1) is 5.77. The molecule has 0 bridgehead atoms. The lowest BCUT2D eigenvalue weighted by Crippen LogP contribution is -1.91. The standard InChI is InChI=1S/C8H12N4/c1-3-6-5-11-8(9)4-7(6)12-10-2/h4-5H,3H2,1-2H3,(H2,9,11)/b12-10-. The number of hydrogen-bond acceptors (Lipinski definition) is 4. The Hall–Kier alpha value is -1.45. The van der Waals surface area contributed by atoms with Gasteiger partial charge in [-0.15, -0.1) is 0 Å². The first-order valence-electron chi connectivity index (χ1n) is 3.82. The Bertz CT molecular complexity index is 293. The molecule has 0 atom stereocenters. The van der Waals surface area contributed by atoms with Crippen LogP contribution >= 0.6 is 0 Å². The average Bonchev–Trinajstić information content (AvgIpc) is 2.05. The predicted octanol–water partition coefficient (Wildman–Crippen LogP) is 1.94. The van der Waals surface area contributed by atoms with Crippen molar-refractivity contribution in [3.63, 3.8) is 0 Å². The van der Waals surface area contributed by atoms with Crippen LogP contribution in [0.25, 0.3) is 0 Å². The topological polar surface area (TPSA) is 63.6 Å². The van der Waals surface area contributed by atoms with Crippen LogP contribution in [0.3, 0.4) is 0 Å². The van der Waals surface area contributed by atoms with E-state index in [0.29, 0.717) is 5.82 Å². The maximum Gasteiger partial charge on any atom is 0.125 e.